The molecule has 2 aliphatic rings. The Kier molecular flexibility index (Phi) is 9.28. The van der Waals surface area contributed by atoms with Crippen LogP contribution in [0.15, 0.2) is 30.3 Å². The maximum absolute atomic E-state index is 13.8. The quantitative estimate of drug-likeness (QED) is 0.630. The highest BCUT2D eigenvalue weighted by Gasteiger charge is 2.24. The van der Waals surface area contributed by atoms with Crippen LogP contribution in [-0.2, 0) is 16.1 Å². The van der Waals surface area contributed by atoms with Gasteiger partial charge in [-0.3, -0.25) is 9.59 Å². The molecule has 0 atom stereocenters. The third-order valence-corrected chi connectivity index (χ3v) is 7.01. The second kappa shape index (κ2) is 12.8. The number of methoxy groups -OCH3 is 1. The van der Waals surface area contributed by atoms with Crippen LogP contribution in [0.4, 0.5) is 11.6 Å². The number of aromatic nitrogens is 2. The lowest BCUT2D eigenvalue weighted by Crippen LogP contribution is -2.37. The SMILES string of the molecule is COCC(=O)N1CCCCCCCCN(C(=O)c2cc(C)nc(N3CCCC3)n2)Cc2ccccc21. The number of ether oxygens (including phenoxy) is 1. The van der Waals surface area contributed by atoms with Crippen LogP contribution >= 0.6 is 0 Å². The normalized spacial score (nSPS) is 17.7. The van der Waals surface area contributed by atoms with Crippen LogP contribution < -0.4 is 9.80 Å². The third kappa shape index (κ3) is 6.60. The number of carbonyl (C=O) groups excluding carboxylic acids is 2. The summed E-state index contributed by atoms with van der Waals surface area (Å²) in [4.78, 5) is 42.0. The first-order valence-electron chi connectivity index (χ1n) is 13.3. The molecule has 3 heterocycles. The van der Waals surface area contributed by atoms with Gasteiger partial charge in [0.2, 0.25) is 5.95 Å². The van der Waals surface area contributed by atoms with Crippen LogP contribution in [0.5, 0.6) is 0 Å². The Labute approximate surface area is 214 Å². The molecular weight excluding hydrogens is 454 g/mol. The number of benzene rings is 1. The Morgan fingerprint density at radius 2 is 1.56 bits per heavy atom. The highest BCUT2D eigenvalue weighted by molar-refractivity contribution is 5.95. The van der Waals surface area contributed by atoms with E-state index in [1.54, 1.807) is 13.2 Å². The molecule has 0 aliphatic carbocycles. The van der Waals surface area contributed by atoms with Crippen molar-refractivity contribution < 1.29 is 14.3 Å². The molecule has 1 aromatic carbocycles. The molecule has 0 radical (unpaired) electrons. The van der Waals surface area contributed by atoms with Crippen LogP contribution in [0.2, 0.25) is 0 Å². The Morgan fingerprint density at radius 3 is 2.31 bits per heavy atom. The van der Waals surface area contributed by atoms with E-state index in [2.05, 4.69) is 9.88 Å². The minimum atomic E-state index is -0.0830. The molecule has 194 valence electrons. The van der Waals surface area contributed by atoms with E-state index in [1.165, 1.54) is 0 Å². The van der Waals surface area contributed by atoms with E-state index in [0.717, 1.165) is 81.4 Å². The Morgan fingerprint density at radius 1 is 0.889 bits per heavy atom. The van der Waals surface area contributed by atoms with Gasteiger partial charge >= 0.3 is 0 Å². The van der Waals surface area contributed by atoms with E-state index in [4.69, 9.17) is 9.72 Å². The molecule has 0 N–H and O–H groups in total. The summed E-state index contributed by atoms with van der Waals surface area (Å²) in [6.45, 7) is 5.55. The summed E-state index contributed by atoms with van der Waals surface area (Å²) < 4.78 is 5.17. The van der Waals surface area contributed by atoms with Gasteiger partial charge in [0.25, 0.3) is 11.8 Å². The number of fused-ring (bicyclic) bond motifs is 1. The second-order valence-electron chi connectivity index (χ2n) is 9.84. The second-order valence-corrected chi connectivity index (χ2v) is 9.84. The first kappa shape index (κ1) is 26.1. The maximum Gasteiger partial charge on any atom is 0.272 e. The van der Waals surface area contributed by atoms with Gasteiger partial charge < -0.3 is 19.4 Å². The first-order chi connectivity index (χ1) is 17.6. The fraction of sp³-hybridized carbons (Fsp3) is 0.571. The summed E-state index contributed by atoms with van der Waals surface area (Å²) >= 11 is 0. The lowest BCUT2D eigenvalue weighted by Gasteiger charge is -2.28. The van der Waals surface area contributed by atoms with Crippen molar-refractivity contribution in [2.45, 2.75) is 64.8 Å². The van der Waals surface area contributed by atoms with E-state index in [-0.39, 0.29) is 18.4 Å². The molecule has 0 unspecified atom stereocenters. The van der Waals surface area contributed by atoms with Gasteiger partial charge in [-0.15, -0.1) is 0 Å². The largest absolute Gasteiger partial charge is 0.375 e. The molecule has 36 heavy (non-hydrogen) atoms. The average molecular weight is 494 g/mol. The smallest absolute Gasteiger partial charge is 0.272 e. The van der Waals surface area contributed by atoms with E-state index in [9.17, 15) is 9.59 Å². The van der Waals surface area contributed by atoms with Crippen molar-refractivity contribution in [3.8, 4) is 0 Å². The average Bonchev–Trinajstić information content (AvgIpc) is 3.42. The number of para-hydroxylation sites is 1. The van der Waals surface area contributed by atoms with Crippen molar-refractivity contribution in [3.63, 3.8) is 0 Å². The van der Waals surface area contributed by atoms with Crippen molar-refractivity contribution in [1.29, 1.82) is 0 Å². The van der Waals surface area contributed by atoms with Crippen molar-refractivity contribution in [2.75, 3.05) is 49.7 Å². The predicted octanol–water partition coefficient (Wildman–Crippen LogP) is 4.36. The molecule has 0 spiro atoms. The van der Waals surface area contributed by atoms with Crippen LogP contribution in [0, 0.1) is 6.92 Å². The number of amides is 2. The third-order valence-electron chi connectivity index (χ3n) is 7.01. The predicted molar refractivity (Wildman–Crippen MR) is 141 cm³/mol. The van der Waals surface area contributed by atoms with E-state index < -0.39 is 0 Å². The summed E-state index contributed by atoms with van der Waals surface area (Å²) in [7, 11) is 1.55. The highest BCUT2D eigenvalue weighted by Crippen LogP contribution is 2.25. The van der Waals surface area contributed by atoms with Gasteiger partial charge in [0, 0.05) is 51.2 Å². The zero-order valence-corrected chi connectivity index (χ0v) is 21.7. The summed E-state index contributed by atoms with van der Waals surface area (Å²) in [5, 5.41) is 0. The molecule has 0 saturated carbocycles. The molecule has 4 rings (SSSR count). The number of rotatable bonds is 4. The Bertz CT molecular complexity index is 1040. The van der Waals surface area contributed by atoms with Crippen molar-refractivity contribution in [1.82, 2.24) is 14.9 Å². The van der Waals surface area contributed by atoms with Gasteiger partial charge in [0.05, 0.1) is 0 Å². The molecule has 1 fully saturated rings. The lowest BCUT2D eigenvalue weighted by molar-refractivity contribution is -0.122. The van der Waals surface area contributed by atoms with Crippen LogP contribution in [0.1, 0.15) is 73.1 Å². The van der Waals surface area contributed by atoms with Gasteiger partial charge in [-0.05, 0) is 50.3 Å². The van der Waals surface area contributed by atoms with E-state index >= 15 is 0 Å². The zero-order valence-electron chi connectivity index (χ0n) is 21.7. The number of carbonyl (C=O) groups is 2. The number of anilines is 2. The van der Waals surface area contributed by atoms with Gasteiger partial charge in [-0.2, -0.15) is 0 Å². The van der Waals surface area contributed by atoms with E-state index in [0.29, 0.717) is 31.3 Å². The summed E-state index contributed by atoms with van der Waals surface area (Å²) in [6.07, 6.45) is 8.58. The van der Waals surface area contributed by atoms with Gasteiger partial charge in [0.15, 0.2) is 0 Å². The van der Waals surface area contributed by atoms with Gasteiger partial charge in [-0.1, -0.05) is 43.9 Å². The van der Waals surface area contributed by atoms with E-state index in [1.807, 2.05) is 41.0 Å². The first-order valence-corrected chi connectivity index (χ1v) is 13.3. The van der Waals surface area contributed by atoms with Crippen molar-refractivity contribution >= 4 is 23.5 Å². The van der Waals surface area contributed by atoms with Crippen LogP contribution in [0.25, 0.3) is 0 Å². The molecule has 8 nitrogen and oxygen atoms in total. The number of hydrogen-bond acceptors (Lipinski definition) is 6. The summed E-state index contributed by atoms with van der Waals surface area (Å²) in [5.74, 6) is 0.512. The Hall–Kier alpha value is -3.00. The van der Waals surface area contributed by atoms with Crippen LogP contribution in [-0.4, -0.2) is 66.6 Å². The Balaban J connectivity index is 1.65. The van der Waals surface area contributed by atoms with Crippen molar-refractivity contribution in [3.05, 3.63) is 47.3 Å². The maximum atomic E-state index is 13.8. The highest BCUT2D eigenvalue weighted by atomic mass is 16.5. The van der Waals surface area contributed by atoms with Crippen LogP contribution in [0.3, 0.4) is 0 Å². The fourth-order valence-corrected chi connectivity index (χ4v) is 5.11. The number of nitrogens with zero attached hydrogens (tertiary/aromatic N) is 5. The molecular formula is C28H39N5O3. The topological polar surface area (TPSA) is 78.9 Å². The fourth-order valence-electron chi connectivity index (χ4n) is 5.11. The summed E-state index contributed by atoms with van der Waals surface area (Å²) in [6, 6.07) is 9.71. The molecule has 0 bridgehead atoms. The number of aryl methyl sites for hydroxylation is 1. The van der Waals surface area contributed by atoms with Crippen molar-refractivity contribution in [2.24, 2.45) is 0 Å². The number of hydrogen-bond donors (Lipinski definition) is 0. The molecule has 1 saturated heterocycles. The molecule has 2 aromatic rings. The minimum Gasteiger partial charge on any atom is -0.375 e. The standard InChI is InChI=1S/C28H39N5O3/c1-22-19-24(30-28(29-22)31-15-11-12-16-31)27(35)32-17-9-5-3-4-6-10-18-33(26(34)21-36-2)25-14-8-7-13-23(25)20-32/h7-8,13-14,19H,3-6,9-12,15-18,20-21H2,1-2H3. The van der Waals surface area contributed by atoms with Gasteiger partial charge in [-0.25, -0.2) is 9.97 Å². The zero-order chi connectivity index (χ0) is 25.3. The van der Waals surface area contributed by atoms with Gasteiger partial charge in [0.1, 0.15) is 12.3 Å². The monoisotopic (exact) mass is 493 g/mol. The molecule has 8 heteroatoms. The molecule has 2 aliphatic heterocycles. The minimum absolute atomic E-state index is 0.0382. The molecule has 2 amide bonds. The molecule has 1 aromatic heterocycles. The lowest BCUT2D eigenvalue weighted by atomic mass is 10.1. The summed E-state index contributed by atoms with van der Waals surface area (Å²) in [5.41, 5.74) is 3.06.